The summed E-state index contributed by atoms with van der Waals surface area (Å²) in [4.78, 5) is 25.6. The van der Waals surface area contributed by atoms with Gasteiger partial charge in [-0.05, 0) is 24.6 Å². The number of piperidine rings is 1. The Labute approximate surface area is 141 Å². The summed E-state index contributed by atoms with van der Waals surface area (Å²) in [5.74, 6) is 0.765. The second kappa shape index (κ2) is 6.57. The third-order valence-electron chi connectivity index (χ3n) is 4.69. The lowest BCUT2D eigenvalue weighted by atomic mass is 9.92. The van der Waals surface area contributed by atoms with Crippen LogP contribution in [0.25, 0.3) is 0 Å². The molecule has 2 aliphatic rings. The van der Waals surface area contributed by atoms with E-state index in [2.05, 4.69) is 14.9 Å². The van der Waals surface area contributed by atoms with Crippen molar-refractivity contribution in [3.05, 3.63) is 48.8 Å². The topological polar surface area (TPSA) is 58.6 Å². The van der Waals surface area contributed by atoms with Gasteiger partial charge in [0.1, 0.15) is 0 Å². The lowest BCUT2D eigenvalue weighted by Crippen LogP contribution is -2.50. The maximum Gasteiger partial charge on any atom is 0.232 e. The van der Waals surface area contributed by atoms with E-state index in [0.717, 1.165) is 18.7 Å². The van der Waals surface area contributed by atoms with Crippen LogP contribution >= 0.6 is 0 Å². The number of fused-ring (bicyclic) bond motifs is 1. The van der Waals surface area contributed by atoms with Gasteiger partial charge in [-0.15, -0.1) is 0 Å². The van der Waals surface area contributed by atoms with Crippen LogP contribution in [0.15, 0.2) is 48.8 Å². The van der Waals surface area contributed by atoms with Gasteiger partial charge in [0.2, 0.25) is 11.9 Å². The number of rotatable bonds is 2. The van der Waals surface area contributed by atoms with Crippen LogP contribution in [-0.2, 0) is 9.53 Å². The van der Waals surface area contributed by atoms with Crippen molar-refractivity contribution in [2.24, 2.45) is 5.92 Å². The lowest BCUT2D eigenvalue weighted by molar-refractivity contribution is -0.125. The molecule has 0 radical (unpaired) electrons. The smallest absolute Gasteiger partial charge is 0.232 e. The quantitative estimate of drug-likeness (QED) is 0.842. The van der Waals surface area contributed by atoms with Crippen LogP contribution < -0.4 is 9.80 Å². The van der Waals surface area contributed by atoms with Gasteiger partial charge in [-0.2, -0.15) is 0 Å². The summed E-state index contributed by atoms with van der Waals surface area (Å²) < 4.78 is 6.02. The molecule has 1 amide bonds. The molecule has 2 atom stereocenters. The molecule has 124 valence electrons. The molecule has 0 aliphatic carbocycles. The van der Waals surface area contributed by atoms with Gasteiger partial charge in [0.15, 0.2) is 0 Å². The number of hydrogen-bond acceptors (Lipinski definition) is 5. The predicted molar refractivity (Wildman–Crippen MR) is 90.9 cm³/mol. The fourth-order valence-electron chi connectivity index (χ4n) is 3.47. The maximum absolute atomic E-state index is 13.0. The molecule has 24 heavy (non-hydrogen) atoms. The van der Waals surface area contributed by atoms with E-state index in [1.54, 1.807) is 18.5 Å². The van der Waals surface area contributed by atoms with E-state index in [-0.39, 0.29) is 17.9 Å². The first-order valence-corrected chi connectivity index (χ1v) is 8.33. The van der Waals surface area contributed by atoms with Crippen LogP contribution in [0.5, 0.6) is 0 Å². The lowest BCUT2D eigenvalue weighted by Gasteiger charge is -2.37. The highest BCUT2D eigenvalue weighted by molar-refractivity contribution is 5.95. The predicted octanol–water partition coefficient (Wildman–Crippen LogP) is 1.73. The normalized spacial score (nSPS) is 24.4. The molecule has 2 aliphatic heterocycles. The molecular formula is C18H20N4O2. The first-order valence-electron chi connectivity index (χ1n) is 8.33. The number of carbonyl (C=O) groups excluding carboxylic acids is 1. The minimum absolute atomic E-state index is 0.104. The summed E-state index contributed by atoms with van der Waals surface area (Å²) in [5, 5.41) is 0. The van der Waals surface area contributed by atoms with E-state index in [1.807, 2.05) is 35.2 Å². The standard InChI is InChI=1S/C18H20N4O2/c23-17-15-7-10-21(18-19-8-4-9-20-18)13-16(15)24-12-11-22(17)14-5-2-1-3-6-14/h1-6,8-9,15-16H,7,10-13H2/t15-,16+/m1/s1. The van der Waals surface area contributed by atoms with Gasteiger partial charge >= 0.3 is 0 Å². The summed E-state index contributed by atoms with van der Waals surface area (Å²) >= 11 is 0. The second-order valence-electron chi connectivity index (χ2n) is 6.12. The van der Waals surface area contributed by atoms with Crippen LogP contribution in [0.2, 0.25) is 0 Å². The van der Waals surface area contributed by atoms with Crippen LogP contribution in [0.3, 0.4) is 0 Å². The molecule has 6 heteroatoms. The van der Waals surface area contributed by atoms with Gasteiger partial charge in [0.25, 0.3) is 0 Å². The molecule has 0 bridgehead atoms. The number of nitrogens with zero attached hydrogens (tertiary/aromatic N) is 4. The van der Waals surface area contributed by atoms with Crippen molar-refractivity contribution in [2.75, 3.05) is 36.0 Å². The Kier molecular flexibility index (Phi) is 4.13. The van der Waals surface area contributed by atoms with E-state index in [0.29, 0.717) is 25.6 Å². The molecule has 0 N–H and O–H groups in total. The molecule has 0 unspecified atom stereocenters. The van der Waals surface area contributed by atoms with Crippen molar-refractivity contribution in [1.82, 2.24) is 9.97 Å². The van der Waals surface area contributed by atoms with E-state index in [4.69, 9.17) is 4.74 Å². The Morgan fingerprint density at radius 3 is 2.62 bits per heavy atom. The molecular weight excluding hydrogens is 304 g/mol. The number of carbonyl (C=O) groups is 1. The number of hydrogen-bond donors (Lipinski definition) is 0. The highest BCUT2D eigenvalue weighted by Gasteiger charge is 2.40. The summed E-state index contributed by atoms with van der Waals surface area (Å²) in [5.41, 5.74) is 0.945. The Balaban J connectivity index is 1.53. The van der Waals surface area contributed by atoms with E-state index in [9.17, 15) is 4.79 Å². The Hall–Kier alpha value is -2.47. The monoisotopic (exact) mass is 324 g/mol. The molecule has 4 rings (SSSR count). The largest absolute Gasteiger partial charge is 0.374 e. The van der Waals surface area contributed by atoms with Crippen LogP contribution in [0.1, 0.15) is 6.42 Å². The Morgan fingerprint density at radius 2 is 1.83 bits per heavy atom. The molecule has 0 spiro atoms. The van der Waals surface area contributed by atoms with Crippen molar-refractivity contribution in [3.63, 3.8) is 0 Å². The zero-order chi connectivity index (χ0) is 16.4. The molecule has 2 aromatic rings. The van der Waals surface area contributed by atoms with E-state index < -0.39 is 0 Å². The molecule has 1 aromatic heterocycles. The number of anilines is 2. The van der Waals surface area contributed by atoms with Gasteiger partial charge < -0.3 is 14.5 Å². The maximum atomic E-state index is 13.0. The SMILES string of the molecule is O=C1[C@@H]2CCN(c3ncccn3)C[C@@H]2OCCN1c1ccccc1. The molecule has 2 saturated heterocycles. The summed E-state index contributed by atoms with van der Waals surface area (Å²) in [7, 11) is 0. The third-order valence-corrected chi connectivity index (χ3v) is 4.69. The van der Waals surface area contributed by atoms with Crippen LogP contribution in [0.4, 0.5) is 11.6 Å². The van der Waals surface area contributed by atoms with Gasteiger partial charge in [-0.1, -0.05) is 18.2 Å². The fraction of sp³-hybridized carbons (Fsp3) is 0.389. The highest BCUT2D eigenvalue weighted by Crippen LogP contribution is 2.29. The van der Waals surface area contributed by atoms with E-state index >= 15 is 0 Å². The Bertz CT molecular complexity index is 695. The first-order chi connectivity index (χ1) is 11.8. The molecule has 6 nitrogen and oxygen atoms in total. The molecule has 3 heterocycles. The zero-order valence-corrected chi connectivity index (χ0v) is 13.4. The minimum Gasteiger partial charge on any atom is -0.374 e. The molecule has 0 saturated carbocycles. The number of benzene rings is 1. The summed E-state index contributed by atoms with van der Waals surface area (Å²) in [6.07, 6.45) is 4.13. The van der Waals surface area contributed by atoms with Crippen molar-refractivity contribution in [3.8, 4) is 0 Å². The number of para-hydroxylation sites is 1. The number of aromatic nitrogens is 2. The third kappa shape index (κ3) is 2.85. The van der Waals surface area contributed by atoms with Crippen molar-refractivity contribution in [2.45, 2.75) is 12.5 Å². The van der Waals surface area contributed by atoms with Crippen molar-refractivity contribution < 1.29 is 9.53 Å². The minimum atomic E-state index is -0.108. The fourth-order valence-corrected chi connectivity index (χ4v) is 3.47. The average molecular weight is 324 g/mol. The first kappa shape index (κ1) is 15.1. The molecule has 1 aromatic carbocycles. The Morgan fingerprint density at radius 1 is 1.04 bits per heavy atom. The molecule has 2 fully saturated rings. The van der Waals surface area contributed by atoms with Crippen molar-refractivity contribution in [1.29, 1.82) is 0 Å². The van der Waals surface area contributed by atoms with Crippen LogP contribution in [-0.4, -0.2) is 48.2 Å². The van der Waals surface area contributed by atoms with E-state index in [1.165, 1.54) is 0 Å². The number of ether oxygens (including phenoxy) is 1. The van der Waals surface area contributed by atoms with Crippen molar-refractivity contribution >= 4 is 17.5 Å². The zero-order valence-electron chi connectivity index (χ0n) is 13.4. The average Bonchev–Trinajstić information content (AvgIpc) is 2.82. The summed E-state index contributed by atoms with van der Waals surface area (Å²) in [6, 6.07) is 11.6. The summed E-state index contributed by atoms with van der Waals surface area (Å²) in [6.45, 7) is 2.56. The highest BCUT2D eigenvalue weighted by atomic mass is 16.5. The van der Waals surface area contributed by atoms with Gasteiger partial charge in [-0.25, -0.2) is 9.97 Å². The van der Waals surface area contributed by atoms with Gasteiger partial charge in [0.05, 0.1) is 18.6 Å². The number of amides is 1. The van der Waals surface area contributed by atoms with Crippen LogP contribution in [0, 0.1) is 5.92 Å². The van der Waals surface area contributed by atoms with Gasteiger partial charge in [-0.3, -0.25) is 4.79 Å². The van der Waals surface area contributed by atoms with Gasteiger partial charge in [0, 0.05) is 37.7 Å². The second-order valence-corrected chi connectivity index (χ2v) is 6.12.